The smallest absolute Gasteiger partial charge is 0.315 e. The number of urea groups is 1. The highest BCUT2D eigenvalue weighted by atomic mass is 32.2. The second-order valence-electron chi connectivity index (χ2n) is 6.46. The molecule has 7 nitrogen and oxygen atoms in total. The molecule has 2 aliphatic heterocycles. The fraction of sp³-hybridized carbons (Fsp3) is 0.471. The van der Waals surface area contributed by atoms with Crippen molar-refractivity contribution in [2.24, 2.45) is 0 Å². The van der Waals surface area contributed by atoms with Crippen LogP contribution in [0.15, 0.2) is 28.7 Å². The molecule has 8 heteroatoms. The van der Waals surface area contributed by atoms with Crippen LogP contribution >= 0.6 is 11.8 Å². The molecule has 0 bridgehead atoms. The SMILES string of the molecule is O=C1N[C@H]2[C@H](CS[C@H]2CCCC(C(=O)O)c2nc3ccccc3o2)N1. The highest BCUT2D eigenvalue weighted by Gasteiger charge is 2.42. The topological polar surface area (TPSA) is 104 Å². The number of hydrogen-bond acceptors (Lipinski definition) is 5. The molecule has 4 atom stereocenters. The maximum absolute atomic E-state index is 11.7. The zero-order valence-corrected chi connectivity index (χ0v) is 14.3. The summed E-state index contributed by atoms with van der Waals surface area (Å²) >= 11 is 1.83. The van der Waals surface area contributed by atoms with Gasteiger partial charge in [0.05, 0.1) is 12.1 Å². The van der Waals surface area contributed by atoms with Crippen molar-refractivity contribution in [3.63, 3.8) is 0 Å². The van der Waals surface area contributed by atoms with Gasteiger partial charge in [0.15, 0.2) is 5.58 Å². The van der Waals surface area contributed by atoms with Crippen molar-refractivity contribution in [3.05, 3.63) is 30.2 Å². The lowest BCUT2D eigenvalue weighted by Gasteiger charge is -2.17. The number of fused-ring (bicyclic) bond motifs is 2. The van der Waals surface area contributed by atoms with Gasteiger partial charge in [0.25, 0.3) is 0 Å². The molecule has 2 aliphatic rings. The number of oxazole rings is 1. The van der Waals surface area contributed by atoms with Crippen LogP contribution in [-0.4, -0.2) is 45.2 Å². The predicted octanol–water partition coefficient (Wildman–Crippen LogP) is 2.33. The Kier molecular flexibility index (Phi) is 4.29. The van der Waals surface area contributed by atoms with Gasteiger partial charge in [-0.2, -0.15) is 11.8 Å². The van der Waals surface area contributed by atoms with Gasteiger partial charge in [-0.25, -0.2) is 9.78 Å². The molecular weight excluding hydrogens is 342 g/mol. The van der Waals surface area contributed by atoms with E-state index in [1.54, 1.807) is 6.07 Å². The summed E-state index contributed by atoms with van der Waals surface area (Å²) in [6.07, 6.45) is 2.07. The Morgan fingerprint density at radius 1 is 1.40 bits per heavy atom. The van der Waals surface area contributed by atoms with Crippen LogP contribution in [0.5, 0.6) is 0 Å². The molecule has 2 fully saturated rings. The largest absolute Gasteiger partial charge is 0.481 e. The number of hydrogen-bond donors (Lipinski definition) is 3. The molecule has 0 aliphatic carbocycles. The minimum atomic E-state index is -0.917. The Morgan fingerprint density at radius 3 is 3.04 bits per heavy atom. The number of benzene rings is 1. The molecule has 0 radical (unpaired) electrons. The minimum Gasteiger partial charge on any atom is -0.481 e. The van der Waals surface area contributed by atoms with Gasteiger partial charge in [0.2, 0.25) is 5.89 Å². The highest BCUT2D eigenvalue weighted by molar-refractivity contribution is 8.00. The molecule has 132 valence electrons. The number of carboxylic acids is 1. The number of rotatable bonds is 6. The summed E-state index contributed by atoms with van der Waals surface area (Å²) in [4.78, 5) is 27.4. The van der Waals surface area contributed by atoms with Crippen LogP contribution in [0.1, 0.15) is 31.1 Å². The summed E-state index contributed by atoms with van der Waals surface area (Å²) in [7, 11) is 0. The third-order valence-electron chi connectivity index (χ3n) is 4.83. The van der Waals surface area contributed by atoms with Crippen LogP contribution in [0, 0.1) is 0 Å². The van der Waals surface area contributed by atoms with E-state index in [1.807, 2.05) is 30.0 Å². The van der Waals surface area contributed by atoms with Gasteiger partial charge in [-0.05, 0) is 25.0 Å². The number of amides is 2. The number of nitrogens with zero attached hydrogens (tertiary/aromatic N) is 1. The second kappa shape index (κ2) is 6.59. The Morgan fingerprint density at radius 2 is 2.24 bits per heavy atom. The van der Waals surface area contributed by atoms with Crippen LogP contribution in [0.25, 0.3) is 11.1 Å². The van der Waals surface area contributed by atoms with Crippen molar-refractivity contribution in [1.82, 2.24) is 15.6 Å². The summed E-state index contributed by atoms with van der Waals surface area (Å²) in [5.41, 5.74) is 1.29. The predicted molar refractivity (Wildman–Crippen MR) is 93.7 cm³/mol. The molecule has 2 aromatic rings. The van der Waals surface area contributed by atoms with E-state index in [0.29, 0.717) is 22.8 Å². The molecule has 2 amide bonds. The highest BCUT2D eigenvalue weighted by Crippen LogP contribution is 2.34. The van der Waals surface area contributed by atoms with Crippen molar-refractivity contribution >= 4 is 34.9 Å². The monoisotopic (exact) mass is 361 g/mol. The van der Waals surface area contributed by atoms with Crippen LogP contribution in [0.2, 0.25) is 0 Å². The fourth-order valence-electron chi connectivity index (χ4n) is 3.56. The molecule has 1 unspecified atom stereocenters. The average molecular weight is 361 g/mol. The summed E-state index contributed by atoms with van der Waals surface area (Å²) in [5, 5.41) is 15.7. The maximum Gasteiger partial charge on any atom is 0.315 e. The Hall–Kier alpha value is -2.22. The number of aliphatic carboxylic acids is 1. The molecule has 0 saturated carbocycles. The van der Waals surface area contributed by atoms with Crippen molar-refractivity contribution in [2.75, 3.05) is 5.75 Å². The summed E-state index contributed by atoms with van der Waals surface area (Å²) in [6, 6.07) is 7.52. The second-order valence-corrected chi connectivity index (χ2v) is 7.74. The molecule has 2 saturated heterocycles. The van der Waals surface area contributed by atoms with Gasteiger partial charge in [0.1, 0.15) is 11.4 Å². The van der Waals surface area contributed by atoms with Crippen molar-refractivity contribution in [3.8, 4) is 0 Å². The first-order chi connectivity index (χ1) is 12.1. The summed E-state index contributed by atoms with van der Waals surface area (Å²) < 4.78 is 5.63. The van der Waals surface area contributed by atoms with E-state index in [-0.39, 0.29) is 24.0 Å². The van der Waals surface area contributed by atoms with E-state index in [4.69, 9.17) is 4.42 Å². The van der Waals surface area contributed by atoms with Crippen LogP contribution in [-0.2, 0) is 4.79 Å². The van der Waals surface area contributed by atoms with Crippen molar-refractivity contribution < 1.29 is 19.1 Å². The van der Waals surface area contributed by atoms with E-state index < -0.39 is 11.9 Å². The van der Waals surface area contributed by atoms with E-state index in [0.717, 1.165) is 18.6 Å². The molecule has 25 heavy (non-hydrogen) atoms. The minimum absolute atomic E-state index is 0.102. The number of para-hydroxylation sites is 2. The van der Waals surface area contributed by atoms with E-state index in [9.17, 15) is 14.7 Å². The lowest BCUT2D eigenvalue weighted by Crippen LogP contribution is -2.36. The molecule has 3 heterocycles. The first-order valence-electron chi connectivity index (χ1n) is 8.39. The quantitative estimate of drug-likeness (QED) is 0.682. The lowest BCUT2D eigenvalue weighted by molar-refractivity contribution is -0.139. The molecule has 4 rings (SSSR count). The van der Waals surface area contributed by atoms with Gasteiger partial charge in [-0.15, -0.1) is 0 Å². The van der Waals surface area contributed by atoms with Gasteiger partial charge < -0.3 is 20.2 Å². The van der Waals surface area contributed by atoms with Gasteiger partial charge in [-0.3, -0.25) is 4.79 Å². The normalized spacial score (nSPS) is 26.2. The van der Waals surface area contributed by atoms with Crippen LogP contribution in [0.4, 0.5) is 4.79 Å². The first kappa shape index (κ1) is 16.3. The van der Waals surface area contributed by atoms with Gasteiger partial charge in [0, 0.05) is 11.0 Å². The zero-order valence-electron chi connectivity index (χ0n) is 13.5. The number of thioether (sulfide) groups is 1. The van der Waals surface area contributed by atoms with Gasteiger partial charge >= 0.3 is 12.0 Å². The standard InChI is InChI=1S/C17H19N3O4S/c21-16(22)9(15-18-10-5-1-2-6-12(10)24-15)4-3-7-13-14-11(8-25-13)19-17(23)20-14/h1-2,5-6,9,11,13-14H,3-4,7-8H2,(H,21,22)(H2,19,20,23)/t9?,11-,13-,14-/m0/s1. The Labute approximate surface area is 148 Å². The third kappa shape index (κ3) is 3.18. The average Bonchev–Trinajstić information content (AvgIpc) is 3.25. The number of nitrogens with one attached hydrogen (secondary N) is 2. The number of carbonyl (C=O) groups is 2. The zero-order chi connectivity index (χ0) is 17.4. The molecular formula is C17H19N3O4S. The Balaban J connectivity index is 1.39. The van der Waals surface area contributed by atoms with E-state index in [1.165, 1.54) is 0 Å². The van der Waals surface area contributed by atoms with E-state index >= 15 is 0 Å². The van der Waals surface area contributed by atoms with Gasteiger partial charge in [-0.1, -0.05) is 18.6 Å². The summed E-state index contributed by atoms with van der Waals surface area (Å²) in [5.74, 6) is -0.492. The molecule has 1 aromatic heterocycles. The van der Waals surface area contributed by atoms with Crippen molar-refractivity contribution in [2.45, 2.75) is 42.5 Å². The maximum atomic E-state index is 11.7. The van der Waals surface area contributed by atoms with E-state index in [2.05, 4.69) is 15.6 Å². The molecule has 3 N–H and O–H groups in total. The molecule has 0 spiro atoms. The van der Waals surface area contributed by atoms with Crippen LogP contribution in [0.3, 0.4) is 0 Å². The lowest BCUT2D eigenvalue weighted by atomic mass is 9.98. The number of carboxylic acid groups (broad SMARTS) is 1. The number of aromatic nitrogens is 1. The number of carbonyl (C=O) groups excluding carboxylic acids is 1. The fourth-order valence-corrected chi connectivity index (χ4v) is 5.10. The summed E-state index contributed by atoms with van der Waals surface area (Å²) in [6.45, 7) is 0. The van der Waals surface area contributed by atoms with Crippen molar-refractivity contribution in [1.29, 1.82) is 0 Å². The third-order valence-corrected chi connectivity index (χ3v) is 6.33. The molecule has 1 aromatic carbocycles. The Bertz CT molecular complexity index is 775. The first-order valence-corrected chi connectivity index (χ1v) is 9.43. The van der Waals surface area contributed by atoms with Crippen LogP contribution < -0.4 is 10.6 Å².